The maximum Gasteiger partial charge on any atom is 0.101 e. The second kappa shape index (κ2) is 10.0. The van der Waals surface area contributed by atoms with Crippen LogP contribution in [0.3, 0.4) is 0 Å². The third-order valence-electron chi connectivity index (χ3n) is 8.67. The zero-order valence-corrected chi connectivity index (χ0v) is 24.6. The van der Waals surface area contributed by atoms with Crippen LogP contribution in [0.1, 0.15) is 0 Å². The van der Waals surface area contributed by atoms with Crippen molar-refractivity contribution in [3.05, 3.63) is 157 Å². The summed E-state index contributed by atoms with van der Waals surface area (Å²) < 4.78 is 2.18. The Hall–Kier alpha value is -5.51. The van der Waals surface area contributed by atoms with Gasteiger partial charge in [0, 0.05) is 16.5 Å². The molecule has 0 N–H and O–H groups in total. The zero-order chi connectivity index (χ0) is 29.0. The van der Waals surface area contributed by atoms with E-state index in [-0.39, 0.29) is 0 Å². The molecular formula is C41H26N2S. The second-order valence-electron chi connectivity index (χ2n) is 11.2. The van der Waals surface area contributed by atoms with Crippen molar-refractivity contribution in [1.29, 1.82) is 0 Å². The molecule has 0 amide bonds. The summed E-state index contributed by atoms with van der Waals surface area (Å²) in [4.78, 5) is 1.20. The molecular weight excluding hydrogens is 553 g/mol. The first-order chi connectivity index (χ1) is 21.8. The lowest BCUT2D eigenvalue weighted by Gasteiger charge is -2.11. The number of fused-ring (bicyclic) bond motifs is 5. The molecule has 206 valence electrons. The first-order valence-corrected chi connectivity index (χ1v) is 15.8. The van der Waals surface area contributed by atoms with E-state index in [0.29, 0.717) is 0 Å². The van der Waals surface area contributed by atoms with Crippen LogP contribution in [0.5, 0.6) is 0 Å². The standard InChI is InChI=1S/C41H26N2S/c1-2-12-29-24-32(22-21-27(29)10-1)39-40(33-16-7-15-30(25-33)35-19-8-14-28-11-3-5-17-34(28)35)42-43-37(38-20-9-23-44-38)26-31-13-4-6-18-36(31)41(39)43/h1-26H. The summed E-state index contributed by atoms with van der Waals surface area (Å²) >= 11 is 1.75. The Labute approximate surface area is 259 Å². The average Bonchev–Trinajstić information content (AvgIpc) is 3.77. The second-order valence-corrected chi connectivity index (χ2v) is 12.2. The molecule has 0 unspecified atom stereocenters. The Morgan fingerprint density at radius 3 is 2.07 bits per heavy atom. The first-order valence-electron chi connectivity index (χ1n) is 14.9. The third kappa shape index (κ3) is 3.98. The summed E-state index contributed by atoms with van der Waals surface area (Å²) in [5, 5.41) is 15.0. The van der Waals surface area contributed by atoms with E-state index in [4.69, 9.17) is 5.10 Å². The molecule has 0 aliphatic heterocycles. The van der Waals surface area contributed by atoms with E-state index in [9.17, 15) is 0 Å². The van der Waals surface area contributed by atoms with Crippen molar-refractivity contribution in [2.75, 3.05) is 0 Å². The Morgan fingerprint density at radius 2 is 1.20 bits per heavy atom. The first kappa shape index (κ1) is 25.0. The number of benzene rings is 6. The quantitative estimate of drug-likeness (QED) is 0.203. The molecule has 3 aromatic heterocycles. The van der Waals surface area contributed by atoms with Gasteiger partial charge in [-0.1, -0.05) is 127 Å². The van der Waals surface area contributed by atoms with Crippen molar-refractivity contribution in [2.24, 2.45) is 0 Å². The van der Waals surface area contributed by atoms with Crippen molar-refractivity contribution in [3.8, 4) is 44.1 Å². The van der Waals surface area contributed by atoms with Gasteiger partial charge >= 0.3 is 0 Å². The normalized spacial score (nSPS) is 11.6. The van der Waals surface area contributed by atoms with Crippen LogP contribution in [0.2, 0.25) is 0 Å². The fourth-order valence-electron chi connectivity index (χ4n) is 6.62. The van der Waals surface area contributed by atoms with Gasteiger partial charge in [-0.3, -0.25) is 0 Å². The van der Waals surface area contributed by atoms with Crippen LogP contribution < -0.4 is 0 Å². The highest BCUT2D eigenvalue weighted by Crippen LogP contribution is 2.43. The smallest absolute Gasteiger partial charge is 0.101 e. The van der Waals surface area contributed by atoms with Crippen molar-refractivity contribution >= 4 is 49.2 Å². The Balaban J connectivity index is 1.38. The maximum atomic E-state index is 5.47. The van der Waals surface area contributed by atoms with E-state index in [1.807, 2.05) is 0 Å². The van der Waals surface area contributed by atoms with Crippen LogP contribution in [0.4, 0.5) is 0 Å². The van der Waals surface area contributed by atoms with Gasteiger partial charge in [0.15, 0.2) is 0 Å². The number of nitrogens with zero attached hydrogens (tertiary/aromatic N) is 2. The minimum absolute atomic E-state index is 0.983. The number of hydrogen-bond donors (Lipinski definition) is 0. The minimum atomic E-state index is 0.983. The van der Waals surface area contributed by atoms with Crippen LogP contribution in [0.25, 0.3) is 81.9 Å². The average molecular weight is 579 g/mol. The van der Waals surface area contributed by atoms with E-state index < -0.39 is 0 Å². The largest absolute Gasteiger partial charge is 0.230 e. The fraction of sp³-hybridized carbons (Fsp3) is 0. The Morgan fingerprint density at radius 1 is 0.477 bits per heavy atom. The molecule has 0 saturated carbocycles. The lowest BCUT2D eigenvalue weighted by Crippen LogP contribution is -1.94. The van der Waals surface area contributed by atoms with Crippen molar-refractivity contribution in [2.45, 2.75) is 0 Å². The molecule has 0 spiro atoms. The molecule has 0 fully saturated rings. The molecule has 0 aliphatic carbocycles. The summed E-state index contributed by atoms with van der Waals surface area (Å²) in [5.41, 5.74) is 9.05. The molecule has 3 heterocycles. The van der Waals surface area contributed by atoms with Crippen molar-refractivity contribution in [1.82, 2.24) is 9.61 Å². The molecule has 9 rings (SSSR count). The van der Waals surface area contributed by atoms with Gasteiger partial charge in [-0.05, 0) is 73.3 Å². The predicted molar refractivity (Wildman–Crippen MR) is 187 cm³/mol. The van der Waals surface area contributed by atoms with Crippen molar-refractivity contribution in [3.63, 3.8) is 0 Å². The maximum absolute atomic E-state index is 5.47. The number of rotatable bonds is 4. The van der Waals surface area contributed by atoms with Gasteiger partial charge in [-0.15, -0.1) is 11.3 Å². The summed E-state index contributed by atoms with van der Waals surface area (Å²) in [5.74, 6) is 0. The van der Waals surface area contributed by atoms with Gasteiger partial charge in [0.05, 0.1) is 16.1 Å². The highest BCUT2D eigenvalue weighted by molar-refractivity contribution is 7.13. The molecule has 2 nitrogen and oxygen atoms in total. The van der Waals surface area contributed by atoms with E-state index in [1.165, 1.54) is 48.3 Å². The van der Waals surface area contributed by atoms with Crippen LogP contribution in [0.15, 0.2) is 157 Å². The number of hydrogen-bond acceptors (Lipinski definition) is 2. The third-order valence-corrected chi connectivity index (χ3v) is 9.56. The Bertz CT molecular complexity index is 2500. The molecule has 6 aromatic carbocycles. The van der Waals surface area contributed by atoms with Crippen LogP contribution in [-0.4, -0.2) is 9.61 Å². The Kier molecular flexibility index (Phi) is 5.71. The van der Waals surface area contributed by atoms with E-state index >= 15 is 0 Å². The summed E-state index contributed by atoms with van der Waals surface area (Å²) in [6.45, 7) is 0. The number of thiophene rings is 1. The summed E-state index contributed by atoms with van der Waals surface area (Å²) in [7, 11) is 0. The minimum Gasteiger partial charge on any atom is -0.230 e. The number of pyridine rings is 1. The highest BCUT2D eigenvalue weighted by Gasteiger charge is 2.22. The van der Waals surface area contributed by atoms with E-state index in [1.54, 1.807) is 11.3 Å². The molecule has 0 atom stereocenters. The SMILES string of the molecule is c1cc(-c2nn3c(-c4cccs4)cc4ccccc4c3c2-c2ccc3ccccc3c2)cc(-c2cccc3ccccc23)c1. The molecule has 0 aliphatic rings. The van der Waals surface area contributed by atoms with Gasteiger partial charge in [0.25, 0.3) is 0 Å². The molecule has 0 radical (unpaired) electrons. The van der Waals surface area contributed by atoms with Crippen molar-refractivity contribution < 1.29 is 0 Å². The fourth-order valence-corrected chi connectivity index (χ4v) is 7.35. The van der Waals surface area contributed by atoms with Crippen LogP contribution in [-0.2, 0) is 0 Å². The summed E-state index contributed by atoms with van der Waals surface area (Å²) in [6, 6.07) is 54.7. The molecule has 0 bridgehead atoms. The lowest BCUT2D eigenvalue weighted by molar-refractivity contribution is 0.982. The van der Waals surface area contributed by atoms with E-state index in [0.717, 1.165) is 33.6 Å². The zero-order valence-electron chi connectivity index (χ0n) is 23.8. The molecule has 9 aromatic rings. The molecule has 3 heteroatoms. The van der Waals surface area contributed by atoms with Gasteiger partial charge < -0.3 is 0 Å². The number of aromatic nitrogens is 2. The summed E-state index contributed by atoms with van der Waals surface area (Å²) in [6.07, 6.45) is 0. The van der Waals surface area contributed by atoms with Gasteiger partial charge in [-0.2, -0.15) is 5.10 Å². The topological polar surface area (TPSA) is 17.3 Å². The van der Waals surface area contributed by atoms with Gasteiger partial charge in [-0.25, -0.2) is 4.52 Å². The van der Waals surface area contributed by atoms with Crippen LogP contribution >= 0.6 is 11.3 Å². The molecule has 0 saturated heterocycles. The van der Waals surface area contributed by atoms with Crippen LogP contribution in [0, 0.1) is 0 Å². The lowest BCUT2D eigenvalue weighted by atomic mass is 9.93. The molecule has 44 heavy (non-hydrogen) atoms. The van der Waals surface area contributed by atoms with E-state index in [2.05, 4.69) is 162 Å². The van der Waals surface area contributed by atoms with Gasteiger partial charge in [0.2, 0.25) is 0 Å². The van der Waals surface area contributed by atoms with Gasteiger partial charge in [0.1, 0.15) is 5.69 Å². The monoisotopic (exact) mass is 578 g/mol. The predicted octanol–water partition coefficient (Wildman–Crippen LogP) is 11.5. The highest BCUT2D eigenvalue weighted by atomic mass is 32.1.